The number of benzene rings is 1. The molecule has 1 fully saturated rings. The van der Waals surface area contributed by atoms with Crippen molar-refractivity contribution in [2.75, 3.05) is 19.0 Å². The van der Waals surface area contributed by atoms with Gasteiger partial charge in [-0.05, 0) is 24.8 Å². The Balaban J connectivity index is 1.58. The Hall–Kier alpha value is -0.730. The molecule has 2 nitrogen and oxygen atoms in total. The molecule has 0 bridgehead atoms. The van der Waals surface area contributed by atoms with Gasteiger partial charge in [0.15, 0.2) is 0 Å². The van der Waals surface area contributed by atoms with Crippen molar-refractivity contribution in [2.24, 2.45) is 5.92 Å². The Morgan fingerprint density at radius 3 is 3.06 bits per heavy atom. The maximum absolute atomic E-state index is 6.01. The van der Waals surface area contributed by atoms with Crippen molar-refractivity contribution in [3.05, 3.63) is 29.8 Å². The van der Waals surface area contributed by atoms with Crippen LogP contribution in [-0.4, -0.2) is 25.1 Å². The summed E-state index contributed by atoms with van der Waals surface area (Å²) in [5.74, 6) is 3.00. The van der Waals surface area contributed by atoms with E-state index in [1.807, 2.05) is 6.07 Å². The van der Waals surface area contributed by atoms with Gasteiger partial charge in [0.1, 0.15) is 5.75 Å². The third kappa shape index (κ3) is 2.36. The smallest absolute Gasteiger partial charge is 0.122 e. The molecule has 1 aliphatic heterocycles. The first-order valence-electron chi connectivity index (χ1n) is 6.89. The maximum Gasteiger partial charge on any atom is 0.122 e. The first kappa shape index (κ1) is 12.3. The molecular weight excluding hydrogens is 246 g/mol. The second-order valence-electron chi connectivity index (χ2n) is 5.41. The van der Waals surface area contributed by atoms with Crippen molar-refractivity contribution in [1.82, 2.24) is 5.32 Å². The van der Waals surface area contributed by atoms with E-state index in [-0.39, 0.29) is 0 Å². The molecule has 1 heterocycles. The third-order valence-corrected chi connectivity index (χ3v) is 4.68. The van der Waals surface area contributed by atoms with Crippen LogP contribution in [0.15, 0.2) is 24.3 Å². The van der Waals surface area contributed by atoms with Crippen LogP contribution in [0.5, 0.6) is 5.75 Å². The molecule has 3 atom stereocenters. The zero-order valence-electron chi connectivity index (χ0n) is 10.6. The van der Waals surface area contributed by atoms with E-state index in [9.17, 15) is 0 Å². The van der Waals surface area contributed by atoms with E-state index in [2.05, 4.69) is 23.5 Å². The fourth-order valence-electron chi connectivity index (χ4n) is 3.18. The number of halogens is 1. The number of para-hydroxylation sites is 1. The van der Waals surface area contributed by atoms with Crippen molar-refractivity contribution in [3.8, 4) is 5.75 Å². The highest BCUT2D eigenvalue weighted by Gasteiger charge is 2.29. The summed E-state index contributed by atoms with van der Waals surface area (Å²) < 4.78 is 5.71. The van der Waals surface area contributed by atoms with Gasteiger partial charge in [-0.3, -0.25) is 0 Å². The molecule has 1 saturated carbocycles. The van der Waals surface area contributed by atoms with Crippen molar-refractivity contribution in [2.45, 2.75) is 31.2 Å². The topological polar surface area (TPSA) is 21.3 Å². The summed E-state index contributed by atoms with van der Waals surface area (Å²) >= 11 is 6.01. The molecule has 2 aliphatic rings. The molecule has 1 aliphatic carbocycles. The van der Waals surface area contributed by atoms with Crippen LogP contribution in [-0.2, 0) is 0 Å². The van der Waals surface area contributed by atoms with Crippen molar-refractivity contribution >= 4 is 11.6 Å². The molecule has 0 saturated heterocycles. The predicted octanol–water partition coefficient (Wildman–Crippen LogP) is 3.16. The van der Waals surface area contributed by atoms with Gasteiger partial charge in [-0.2, -0.15) is 0 Å². The molecule has 1 aromatic carbocycles. The van der Waals surface area contributed by atoms with Crippen LogP contribution >= 0.6 is 11.6 Å². The highest BCUT2D eigenvalue weighted by Crippen LogP contribution is 2.34. The van der Waals surface area contributed by atoms with Gasteiger partial charge in [0, 0.05) is 29.9 Å². The molecule has 3 unspecified atom stereocenters. The van der Waals surface area contributed by atoms with Gasteiger partial charge in [-0.25, -0.2) is 0 Å². The van der Waals surface area contributed by atoms with E-state index < -0.39 is 0 Å². The van der Waals surface area contributed by atoms with E-state index in [4.69, 9.17) is 16.3 Å². The maximum atomic E-state index is 6.01. The second-order valence-corrected chi connectivity index (χ2v) is 5.71. The van der Waals surface area contributed by atoms with Crippen LogP contribution in [0.3, 0.4) is 0 Å². The lowest BCUT2D eigenvalue weighted by Gasteiger charge is -2.21. The summed E-state index contributed by atoms with van der Waals surface area (Å²) in [4.78, 5) is 0. The van der Waals surface area contributed by atoms with Crippen LogP contribution < -0.4 is 10.1 Å². The van der Waals surface area contributed by atoms with Gasteiger partial charge in [0.05, 0.1) is 6.61 Å². The number of hydrogen-bond acceptors (Lipinski definition) is 2. The fourth-order valence-corrected chi connectivity index (χ4v) is 3.55. The van der Waals surface area contributed by atoms with Crippen LogP contribution in [0.4, 0.5) is 0 Å². The molecule has 0 spiro atoms. The normalized spacial score (nSPS) is 30.2. The van der Waals surface area contributed by atoms with E-state index in [0.717, 1.165) is 24.8 Å². The molecule has 3 heteroatoms. The highest BCUT2D eigenvalue weighted by atomic mass is 35.5. The highest BCUT2D eigenvalue weighted by molar-refractivity contribution is 6.18. The lowest BCUT2D eigenvalue weighted by atomic mass is 10.00. The lowest BCUT2D eigenvalue weighted by Crippen LogP contribution is -2.36. The minimum absolute atomic E-state index is 0.498. The van der Waals surface area contributed by atoms with Crippen LogP contribution in [0, 0.1) is 5.92 Å². The SMILES string of the molecule is ClCC1CCCC1NCC1COc2ccccc21. The van der Waals surface area contributed by atoms with Gasteiger partial charge in [-0.1, -0.05) is 24.6 Å². The Morgan fingerprint density at radius 2 is 2.17 bits per heavy atom. The summed E-state index contributed by atoms with van der Waals surface area (Å²) in [6, 6.07) is 8.98. The Morgan fingerprint density at radius 1 is 1.28 bits per heavy atom. The number of hydrogen-bond donors (Lipinski definition) is 1. The Bertz CT molecular complexity index is 409. The van der Waals surface area contributed by atoms with Crippen LogP contribution in [0.25, 0.3) is 0 Å². The third-order valence-electron chi connectivity index (χ3n) is 4.28. The van der Waals surface area contributed by atoms with Gasteiger partial charge in [-0.15, -0.1) is 11.6 Å². The van der Waals surface area contributed by atoms with Crippen molar-refractivity contribution in [3.63, 3.8) is 0 Å². The molecule has 18 heavy (non-hydrogen) atoms. The molecule has 0 radical (unpaired) electrons. The number of nitrogens with one attached hydrogen (secondary N) is 1. The monoisotopic (exact) mass is 265 g/mol. The van der Waals surface area contributed by atoms with Gasteiger partial charge < -0.3 is 10.1 Å². The summed E-state index contributed by atoms with van der Waals surface area (Å²) in [6.07, 6.45) is 3.86. The van der Waals surface area contributed by atoms with Crippen molar-refractivity contribution < 1.29 is 4.74 Å². The number of rotatable bonds is 4. The van der Waals surface area contributed by atoms with Crippen LogP contribution in [0.1, 0.15) is 30.7 Å². The van der Waals surface area contributed by atoms with E-state index >= 15 is 0 Å². The minimum Gasteiger partial charge on any atom is -0.493 e. The summed E-state index contributed by atoms with van der Waals surface area (Å²) in [5.41, 5.74) is 1.35. The Kier molecular flexibility index (Phi) is 3.76. The Labute approximate surface area is 114 Å². The zero-order valence-corrected chi connectivity index (χ0v) is 11.3. The average molecular weight is 266 g/mol. The first-order valence-corrected chi connectivity index (χ1v) is 7.43. The van der Waals surface area contributed by atoms with Crippen molar-refractivity contribution in [1.29, 1.82) is 0 Å². The summed E-state index contributed by atoms with van der Waals surface area (Å²) in [7, 11) is 0. The lowest BCUT2D eigenvalue weighted by molar-refractivity contribution is 0.316. The number of alkyl halides is 1. The number of ether oxygens (including phenoxy) is 1. The van der Waals surface area contributed by atoms with Gasteiger partial charge in [0.25, 0.3) is 0 Å². The van der Waals surface area contributed by atoms with E-state index in [1.54, 1.807) is 0 Å². The van der Waals surface area contributed by atoms with Gasteiger partial charge in [0.2, 0.25) is 0 Å². The zero-order chi connectivity index (χ0) is 12.4. The molecule has 98 valence electrons. The molecule has 1 N–H and O–H groups in total. The second kappa shape index (κ2) is 5.50. The largest absolute Gasteiger partial charge is 0.493 e. The minimum atomic E-state index is 0.498. The molecule has 1 aromatic rings. The van der Waals surface area contributed by atoms with Gasteiger partial charge >= 0.3 is 0 Å². The molecule has 3 rings (SSSR count). The van der Waals surface area contributed by atoms with E-state index in [0.29, 0.717) is 17.9 Å². The standard InChI is InChI=1S/C15H20ClNO/c16-8-11-4-3-6-14(11)17-9-12-10-18-15-7-2-1-5-13(12)15/h1-2,5,7,11-12,14,17H,3-4,6,8-10H2. The van der Waals surface area contributed by atoms with Crippen LogP contribution in [0.2, 0.25) is 0 Å². The first-order chi connectivity index (χ1) is 8.88. The average Bonchev–Trinajstić information content (AvgIpc) is 3.02. The van der Waals surface area contributed by atoms with E-state index in [1.165, 1.54) is 24.8 Å². The predicted molar refractivity (Wildman–Crippen MR) is 74.5 cm³/mol. The fraction of sp³-hybridized carbons (Fsp3) is 0.600. The molecule has 0 aromatic heterocycles. The molecule has 0 amide bonds. The number of fused-ring (bicyclic) bond motifs is 1. The molecular formula is C15H20ClNO. The summed E-state index contributed by atoms with van der Waals surface area (Å²) in [6.45, 7) is 1.82. The quantitative estimate of drug-likeness (QED) is 0.845. The summed E-state index contributed by atoms with van der Waals surface area (Å²) in [5, 5.41) is 3.70.